The minimum atomic E-state index is -0.148. The van der Waals surface area contributed by atoms with Crippen molar-refractivity contribution in [3.63, 3.8) is 0 Å². The highest BCUT2D eigenvalue weighted by molar-refractivity contribution is 7.99. The molecular formula is C18H20N2O2S. The Morgan fingerprint density at radius 1 is 0.957 bits per heavy atom. The van der Waals surface area contributed by atoms with Crippen molar-refractivity contribution in [3.8, 4) is 0 Å². The van der Waals surface area contributed by atoms with Crippen molar-refractivity contribution in [2.45, 2.75) is 24.9 Å². The Morgan fingerprint density at radius 2 is 1.52 bits per heavy atom. The summed E-state index contributed by atoms with van der Waals surface area (Å²) in [6, 6.07) is 17.2. The van der Waals surface area contributed by atoms with Gasteiger partial charge in [0.2, 0.25) is 11.8 Å². The second-order valence-electron chi connectivity index (χ2n) is 5.19. The largest absolute Gasteiger partial charge is 0.326 e. The summed E-state index contributed by atoms with van der Waals surface area (Å²) >= 11 is 1.60. The van der Waals surface area contributed by atoms with E-state index in [1.807, 2.05) is 25.1 Å². The second kappa shape index (κ2) is 8.39. The zero-order chi connectivity index (χ0) is 16.7. The van der Waals surface area contributed by atoms with Crippen LogP contribution in [0.5, 0.6) is 0 Å². The van der Waals surface area contributed by atoms with Crippen LogP contribution in [0.1, 0.15) is 19.4 Å². The Bertz CT molecular complexity index is 656. The number of rotatable bonds is 6. The summed E-state index contributed by atoms with van der Waals surface area (Å²) in [6.07, 6.45) is 0. The quantitative estimate of drug-likeness (QED) is 0.845. The van der Waals surface area contributed by atoms with Gasteiger partial charge in [-0.2, -0.15) is 0 Å². The number of hydrogen-bond acceptors (Lipinski definition) is 3. The lowest BCUT2D eigenvalue weighted by molar-refractivity contribution is -0.115. The van der Waals surface area contributed by atoms with Gasteiger partial charge < -0.3 is 10.6 Å². The Morgan fingerprint density at radius 3 is 2.09 bits per heavy atom. The summed E-state index contributed by atoms with van der Waals surface area (Å²) in [4.78, 5) is 23.2. The molecule has 2 amide bonds. The number of anilines is 2. The average Bonchev–Trinajstić information content (AvgIpc) is 2.55. The van der Waals surface area contributed by atoms with Crippen LogP contribution in [-0.4, -0.2) is 17.1 Å². The first-order chi connectivity index (χ1) is 11.0. The fourth-order valence-electron chi connectivity index (χ4n) is 1.96. The predicted molar refractivity (Wildman–Crippen MR) is 96.6 cm³/mol. The maximum atomic E-state index is 12.2. The van der Waals surface area contributed by atoms with Crippen LogP contribution in [0.3, 0.4) is 0 Å². The van der Waals surface area contributed by atoms with Gasteiger partial charge in [0.05, 0.1) is 5.25 Å². The highest BCUT2D eigenvalue weighted by atomic mass is 32.2. The predicted octanol–water partition coefficient (Wildman–Crippen LogP) is 3.91. The molecule has 0 aliphatic carbocycles. The minimum Gasteiger partial charge on any atom is -0.326 e. The van der Waals surface area contributed by atoms with Gasteiger partial charge in [0.25, 0.3) is 0 Å². The molecule has 0 saturated carbocycles. The average molecular weight is 328 g/mol. The van der Waals surface area contributed by atoms with E-state index in [-0.39, 0.29) is 17.1 Å². The van der Waals surface area contributed by atoms with E-state index in [0.29, 0.717) is 5.69 Å². The maximum absolute atomic E-state index is 12.2. The highest BCUT2D eigenvalue weighted by Gasteiger charge is 2.13. The number of benzene rings is 2. The van der Waals surface area contributed by atoms with Gasteiger partial charge in [0.1, 0.15) is 0 Å². The van der Waals surface area contributed by atoms with Crippen LogP contribution in [-0.2, 0) is 15.3 Å². The standard InChI is InChI=1S/C18H20N2O2S/c1-13(23-12-15-6-4-3-5-7-15)18(22)20-17-10-8-16(9-11-17)19-14(2)21/h3-11,13H,12H2,1-2H3,(H,19,21)(H,20,22)/t13-/m0/s1. The van der Waals surface area contributed by atoms with E-state index in [1.165, 1.54) is 12.5 Å². The number of nitrogens with one attached hydrogen (secondary N) is 2. The Hall–Kier alpha value is -2.27. The Kier molecular flexibility index (Phi) is 6.23. The molecule has 0 aliphatic rings. The van der Waals surface area contributed by atoms with Gasteiger partial charge in [-0.25, -0.2) is 0 Å². The molecule has 0 saturated heterocycles. The van der Waals surface area contributed by atoms with Gasteiger partial charge in [-0.3, -0.25) is 9.59 Å². The molecule has 0 aliphatic heterocycles. The molecule has 0 fully saturated rings. The van der Waals surface area contributed by atoms with E-state index in [0.717, 1.165) is 11.4 Å². The summed E-state index contributed by atoms with van der Waals surface area (Å²) in [5.74, 6) is 0.655. The van der Waals surface area contributed by atoms with Crippen molar-refractivity contribution in [3.05, 3.63) is 60.2 Å². The van der Waals surface area contributed by atoms with Gasteiger partial charge in [0.15, 0.2) is 0 Å². The molecule has 120 valence electrons. The van der Waals surface area contributed by atoms with E-state index in [9.17, 15) is 9.59 Å². The molecule has 23 heavy (non-hydrogen) atoms. The SMILES string of the molecule is CC(=O)Nc1ccc(NC(=O)[C@H](C)SCc2ccccc2)cc1. The minimum absolute atomic E-state index is 0.0294. The molecule has 0 bridgehead atoms. The van der Waals surface area contributed by atoms with Crippen LogP contribution in [0.4, 0.5) is 11.4 Å². The van der Waals surface area contributed by atoms with Crippen molar-refractivity contribution in [2.75, 3.05) is 10.6 Å². The van der Waals surface area contributed by atoms with E-state index in [2.05, 4.69) is 22.8 Å². The third-order valence-electron chi connectivity index (χ3n) is 3.18. The Balaban J connectivity index is 1.84. The molecule has 0 spiro atoms. The van der Waals surface area contributed by atoms with E-state index in [4.69, 9.17) is 0 Å². The van der Waals surface area contributed by atoms with Crippen molar-refractivity contribution in [2.24, 2.45) is 0 Å². The lowest BCUT2D eigenvalue weighted by Crippen LogP contribution is -2.22. The molecule has 1 atom stereocenters. The molecule has 2 rings (SSSR count). The van der Waals surface area contributed by atoms with Gasteiger partial charge in [0, 0.05) is 24.1 Å². The van der Waals surface area contributed by atoms with Gasteiger partial charge in [-0.1, -0.05) is 30.3 Å². The third-order valence-corrected chi connectivity index (χ3v) is 4.40. The first kappa shape index (κ1) is 17.1. The smallest absolute Gasteiger partial charge is 0.237 e. The van der Waals surface area contributed by atoms with Gasteiger partial charge >= 0.3 is 0 Å². The number of hydrogen-bond donors (Lipinski definition) is 2. The third kappa shape index (κ3) is 5.79. The molecule has 0 unspecified atom stereocenters. The lowest BCUT2D eigenvalue weighted by Gasteiger charge is -2.12. The zero-order valence-electron chi connectivity index (χ0n) is 13.2. The molecule has 2 aromatic carbocycles. The molecule has 5 heteroatoms. The van der Waals surface area contributed by atoms with Gasteiger partial charge in [-0.05, 0) is 36.8 Å². The molecule has 4 nitrogen and oxygen atoms in total. The van der Waals surface area contributed by atoms with E-state index >= 15 is 0 Å². The fourth-order valence-corrected chi connectivity index (χ4v) is 2.80. The molecule has 0 radical (unpaired) electrons. The van der Waals surface area contributed by atoms with Gasteiger partial charge in [-0.15, -0.1) is 11.8 Å². The molecule has 2 aromatic rings. The first-order valence-electron chi connectivity index (χ1n) is 7.38. The Labute approximate surface area is 140 Å². The number of amides is 2. The van der Waals surface area contributed by atoms with Crippen molar-refractivity contribution >= 4 is 35.0 Å². The van der Waals surface area contributed by atoms with Crippen LogP contribution in [0.15, 0.2) is 54.6 Å². The molecule has 0 aromatic heterocycles. The normalized spacial score (nSPS) is 11.6. The maximum Gasteiger partial charge on any atom is 0.237 e. The zero-order valence-corrected chi connectivity index (χ0v) is 14.0. The van der Waals surface area contributed by atoms with Crippen LogP contribution >= 0.6 is 11.8 Å². The van der Waals surface area contributed by atoms with Crippen LogP contribution < -0.4 is 10.6 Å². The summed E-state index contributed by atoms with van der Waals surface area (Å²) in [6.45, 7) is 3.36. The number of thioether (sulfide) groups is 1. The topological polar surface area (TPSA) is 58.2 Å². The fraction of sp³-hybridized carbons (Fsp3) is 0.222. The number of carbonyl (C=O) groups is 2. The van der Waals surface area contributed by atoms with Crippen LogP contribution in [0, 0.1) is 0 Å². The lowest BCUT2D eigenvalue weighted by atomic mass is 10.2. The summed E-state index contributed by atoms with van der Waals surface area (Å²) in [7, 11) is 0. The van der Waals surface area contributed by atoms with Crippen LogP contribution in [0.2, 0.25) is 0 Å². The summed E-state index contributed by atoms with van der Waals surface area (Å²) in [5, 5.41) is 5.43. The first-order valence-corrected chi connectivity index (χ1v) is 8.43. The van der Waals surface area contributed by atoms with Crippen LogP contribution in [0.25, 0.3) is 0 Å². The summed E-state index contributed by atoms with van der Waals surface area (Å²) in [5.41, 5.74) is 2.63. The highest BCUT2D eigenvalue weighted by Crippen LogP contribution is 2.20. The molecule has 2 N–H and O–H groups in total. The summed E-state index contributed by atoms with van der Waals surface area (Å²) < 4.78 is 0. The number of carbonyl (C=O) groups excluding carboxylic acids is 2. The van der Waals surface area contributed by atoms with Crippen molar-refractivity contribution in [1.29, 1.82) is 0 Å². The van der Waals surface area contributed by atoms with E-state index in [1.54, 1.807) is 36.0 Å². The molecular weight excluding hydrogens is 308 g/mol. The second-order valence-corrected chi connectivity index (χ2v) is 6.52. The van der Waals surface area contributed by atoms with Crippen molar-refractivity contribution in [1.82, 2.24) is 0 Å². The van der Waals surface area contributed by atoms with Crippen molar-refractivity contribution < 1.29 is 9.59 Å². The van der Waals surface area contributed by atoms with E-state index < -0.39 is 0 Å². The monoisotopic (exact) mass is 328 g/mol. The molecule has 0 heterocycles.